The first-order valence-corrected chi connectivity index (χ1v) is 8.68. The molecular formula is C10H20N2O4P2. The fourth-order valence-electron chi connectivity index (χ4n) is 1.07. The molecule has 0 aliphatic carbocycles. The van der Waals surface area contributed by atoms with Crippen molar-refractivity contribution < 1.29 is 19.1 Å². The SMILES string of the molecule is CNC(=O)OCCCC(=O)CNC(=O)CCPP. The molecule has 0 aliphatic heterocycles. The Labute approximate surface area is 111 Å². The quantitative estimate of drug-likeness (QED) is 0.483. The Hall–Kier alpha value is -0.730. The van der Waals surface area contributed by atoms with Crippen LogP contribution in [-0.2, 0) is 14.3 Å². The van der Waals surface area contributed by atoms with Crippen molar-refractivity contribution in [3.8, 4) is 0 Å². The lowest BCUT2D eigenvalue weighted by atomic mass is 10.2. The number of nitrogens with one attached hydrogen (secondary N) is 2. The lowest BCUT2D eigenvalue weighted by Crippen LogP contribution is -2.29. The number of ether oxygens (including phenoxy) is 1. The van der Waals surface area contributed by atoms with Crippen LogP contribution in [0.5, 0.6) is 0 Å². The molecule has 104 valence electrons. The van der Waals surface area contributed by atoms with E-state index in [1.165, 1.54) is 7.05 Å². The molecule has 0 bridgehead atoms. The Kier molecular flexibility index (Phi) is 10.9. The number of carbonyl (C=O) groups is 3. The Morgan fingerprint density at radius 2 is 2.00 bits per heavy atom. The summed E-state index contributed by atoms with van der Waals surface area (Å²) < 4.78 is 4.73. The largest absolute Gasteiger partial charge is 0.450 e. The molecule has 8 heteroatoms. The third kappa shape index (κ3) is 10.4. The first kappa shape index (κ1) is 17.3. The van der Waals surface area contributed by atoms with Crippen molar-refractivity contribution in [2.75, 3.05) is 26.4 Å². The van der Waals surface area contributed by atoms with Gasteiger partial charge in [-0.3, -0.25) is 9.59 Å². The summed E-state index contributed by atoms with van der Waals surface area (Å²) in [5.41, 5.74) is 0. The number of rotatable bonds is 9. The highest BCUT2D eigenvalue weighted by atomic mass is 32.0. The van der Waals surface area contributed by atoms with Gasteiger partial charge in [0.2, 0.25) is 5.91 Å². The average molecular weight is 294 g/mol. The van der Waals surface area contributed by atoms with Gasteiger partial charge in [0.25, 0.3) is 0 Å². The zero-order valence-corrected chi connectivity index (χ0v) is 12.6. The maximum absolute atomic E-state index is 11.4. The molecule has 0 aromatic carbocycles. The van der Waals surface area contributed by atoms with Crippen LogP contribution in [0.4, 0.5) is 4.79 Å². The first-order valence-electron chi connectivity index (χ1n) is 5.66. The van der Waals surface area contributed by atoms with Gasteiger partial charge in [-0.2, -0.15) is 0 Å². The van der Waals surface area contributed by atoms with Gasteiger partial charge in [-0.05, 0) is 12.6 Å². The minimum Gasteiger partial charge on any atom is -0.450 e. The van der Waals surface area contributed by atoms with Crippen LogP contribution < -0.4 is 10.6 Å². The van der Waals surface area contributed by atoms with E-state index in [1.54, 1.807) is 0 Å². The molecule has 0 saturated heterocycles. The molecule has 0 aromatic rings. The van der Waals surface area contributed by atoms with Gasteiger partial charge in [-0.25, -0.2) is 4.79 Å². The van der Waals surface area contributed by atoms with Crippen LogP contribution in [0, 0.1) is 0 Å². The summed E-state index contributed by atoms with van der Waals surface area (Å²) >= 11 is 0. The third-order valence-electron chi connectivity index (χ3n) is 2.02. The average Bonchev–Trinajstić information content (AvgIpc) is 2.38. The minimum absolute atomic E-state index is 0.0543. The normalized spacial score (nSPS) is 10.3. The van der Waals surface area contributed by atoms with Crippen LogP contribution in [0.3, 0.4) is 0 Å². The Bertz CT molecular complexity index is 287. The lowest BCUT2D eigenvalue weighted by Gasteiger charge is -2.05. The van der Waals surface area contributed by atoms with Gasteiger partial charge in [-0.1, -0.05) is 0 Å². The van der Waals surface area contributed by atoms with E-state index in [2.05, 4.69) is 19.6 Å². The van der Waals surface area contributed by atoms with E-state index < -0.39 is 6.09 Å². The van der Waals surface area contributed by atoms with E-state index in [4.69, 9.17) is 4.74 Å². The van der Waals surface area contributed by atoms with Gasteiger partial charge in [0.1, 0.15) is 0 Å². The molecule has 2 N–H and O–H groups in total. The Balaban J connectivity index is 3.48. The molecule has 0 radical (unpaired) electrons. The number of hydrogen-bond acceptors (Lipinski definition) is 4. The van der Waals surface area contributed by atoms with E-state index in [1.807, 2.05) is 0 Å². The van der Waals surface area contributed by atoms with Gasteiger partial charge >= 0.3 is 6.09 Å². The van der Waals surface area contributed by atoms with Gasteiger partial charge < -0.3 is 15.4 Å². The minimum atomic E-state index is -0.506. The van der Waals surface area contributed by atoms with Crippen molar-refractivity contribution in [1.29, 1.82) is 0 Å². The zero-order chi connectivity index (χ0) is 13.8. The molecule has 0 aromatic heterocycles. The molecule has 0 fully saturated rings. The lowest BCUT2D eigenvalue weighted by molar-refractivity contribution is -0.125. The number of carbonyl (C=O) groups excluding carboxylic acids is 3. The summed E-state index contributed by atoms with van der Waals surface area (Å²) in [6.07, 6.45) is 1.53. The van der Waals surface area contributed by atoms with Crippen molar-refractivity contribution in [1.82, 2.24) is 10.6 Å². The van der Waals surface area contributed by atoms with Gasteiger partial charge in [0.15, 0.2) is 5.78 Å². The highest BCUT2D eigenvalue weighted by molar-refractivity contribution is 8.02. The number of amides is 2. The van der Waals surface area contributed by atoms with Crippen molar-refractivity contribution in [2.24, 2.45) is 0 Å². The molecule has 0 rings (SSSR count). The molecule has 18 heavy (non-hydrogen) atoms. The maximum Gasteiger partial charge on any atom is 0.406 e. The van der Waals surface area contributed by atoms with E-state index in [0.717, 1.165) is 6.16 Å². The second-order valence-electron chi connectivity index (χ2n) is 3.51. The highest BCUT2D eigenvalue weighted by Crippen LogP contribution is 2.19. The van der Waals surface area contributed by atoms with Crippen LogP contribution in [0.25, 0.3) is 0 Å². The first-order chi connectivity index (χ1) is 8.60. The van der Waals surface area contributed by atoms with E-state index in [9.17, 15) is 14.4 Å². The Morgan fingerprint density at radius 3 is 2.61 bits per heavy atom. The summed E-state index contributed by atoms with van der Waals surface area (Å²) in [6.45, 7) is 0.256. The van der Waals surface area contributed by atoms with Crippen molar-refractivity contribution in [2.45, 2.75) is 19.3 Å². The molecule has 6 nitrogen and oxygen atoms in total. The Morgan fingerprint density at radius 1 is 1.28 bits per heavy atom. The molecule has 2 unspecified atom stereocenters. The molecule has 2 amide bonds. The molecule has 0 saturated carbocycles. The maximum atomic E-state index is 11.4. The summed E-state index contributed by atoms with van der Waals surface area (Å²) in [7, 11) is 4.71. The fourth-order valence-corrected chi connectivity index (χ4v) is 1.87. The summed E-state index contributed by atoms with van der Waals surface area (Å²) in [4.78, 5) is 33.3. The highest BCUT2D eigenvalue weighted by Gasteiger charge is 2.06. The number of hydrogen-bond donors (Lipinski definition) is 2. The summed E-state index contributed by atoms with van der Waals surface area (Å²) in [6, 6.07) is 0. The van der Waals surface area contributed by atoms with E-state index in [-0.39, 0.29) is 24.8 Å². The molecule has 0 heterocycles. The van der Waals surface area contributed by atoms with Crippen molar-refractivity contribution in [3.05, 3.63) is 0 Å². The summed E-state index contributed by atoms with van der Waals surface area (Å²) in [5, 5.41) is 4.87. The standard InChI is InChI=1S/C10H20N2O4P2/c1-11-10(15)16-5-2-3-8(13)7-12-9(14)4-6-18-17/h18H,2-7,17H2,1H3,(H,11,15)(H,12,14). The second-order valence-corrected chi connectivity index (χ2v) is 5.64. The van der Waals surface area contributed by atoms with E-state index >= 15 is 0 Å². The predicted molar refractivity (Wildman–Crippen MR) is 75.2 cm³/mol. The van der Waals surface area contributed by atoms with Gasteiger partial charge in [0.05, 0.1) is 13.2 Å². The summed E-state index contributed by atoms with van der Waals surface area (Å²) in [5.74, 6) is -0.155. The predicted octanol–water partition coefficient (Wildman–Crippen LogP) is 0.667. The van der Waals surface area contributed by atoms with Crippen LogP contribution in [0.2, 0.25) is 0 Å². The fraction of sp³-hybridized carbons (Fsp3) is 0.700. The monoisotopic (exact) mass is 294 g/mol. The van der Waals surface area contributed by atoms with Gasteiger partial charge in [-0.15, -0.1) is 17.2 Å². The molecule has 2 atom stereocenters. The second kappa shape index (κ2) is 11.4. The number of alkyl carbamates (subject to hydrolysis) is 1. The van der Waals surface area contributed by atoms with Crippen LogP contribution in [0.1, 0.15) is 19.3 Å². The van der Waals surface area contributed by atoms with Crippen molar-refractivity contribution >= 4 is 35.0 Å². The van der Waals surface area contributed by atoms with Crippen molar-refractivity contribution in [3.63, 3.8) is 0 Å². The third-order valence-corrected chi connectivity index (χ3v) is 3.42. The van der Waals surface area contributed by atoms with Gasteiger partial charge in [0, 0.05) is 19.9 Å². The smallest absolute Gasteiger partial charge is 0.406 e. The van der Waals surface area contributed by atoms with Crippen LogP contribution >= 0.6 is 17.2 Å². The van der Waals surface area contributed by atoms with Crippen LogP contribution in [-0.4, -0.2) is 44.1 Å². The molecule has 0 aliphatic rings. The van der Waals surface area contributed by atoms with Crippen LogP contribution in [0.15, 0.2) is 0 Å². The molecule has 0 spiro atoms. The topological polar surface area (TPSA) is 84.5 Å². The number of ketones is 1. The molecular weight excluding hydrogens is 274 g/mol. The van der Waals surface area contributed by atoms with E-state index in [0.29, 0.717) is 27.5 Å². The zero-order valence-electron chi connectivity index (χ0n) is 10.5. The number of Topliss-reactive ketones (excluding diaryl/α,β-unsaturated/α-hetero) is 1.